The van der Waals surface area contributed by atoms with Crippen molar-refractivity contribution in [1.82, 2.24) is 0 Å². The zero-order valence-corrected chi connectivity index (χ0v) is 11.9. The van der Waals surface area contributed by atoms with Crippen molar-refractivity contribution in [2.24, 2.45) is 5.92 Å². The van der Waals surface area contributed by atoms with E-state index in [4.69, 9.17) is 10.5 Å². The minimum Gasteiger partial charge on any atom is -0.490 e. The van der Waals surface area contributed by atoms with Gasteiger partial charge in [-0.2, -0.15) is 0 Å². The molecule has 1 aliphatic carbocycles. The molecule has 2 atom stereocenters. The van der Waals surface area contributed by atoms with Gasteiger partial charge in [-0.15, -0.1) is 0 Å². The molecule has 0 saturated heterocycles. The Kier molecular flexibility index (Phi) is 4.32. The molecule has 0 radical (unpaired) electrons. The molecule has 3 heteroatoms. The Balaban J connectivity index is 2.00. The van der Waals surface area contributed by atoms with Crippen LogP contribution < -0.4 is 10.5 Å². The Morgan fingerprint density at radius 3 is 2.88 bits per heavy atom. The molecule has 2 N–H and O–H groups in total. The van der Waals surface area contributed by atoms with Crippen molar-refractivity contribution >= 4 is 21.6 Å². The first kappa shape index (κ1) is 12.7. The molecule has 1 fully saturated rings. The third-order valence-corrected chi connectivity index (χ3v) is 3.97. The lowest BCUT2D eigenvalue weighted by Gasteiger charge is -2.29. The van der Waals surface area contributed by atoms with Crippen molar-refractivity contribution in [2.75, 3.05) is 5.73 Å². The van der Waals surface area contributed by atoms with Crippen LogP contribution in [-0.2, 0) is 0 Å². The van der Waals surface area contributed by atoms with Gasteiger partial charge < -0.3 is 10.5 Å². The second-order valence-corrected chi connectivity index (χ2v) is 5.82. The zero-order chi connectivity index (χ0) is 12.3. The van der Waals surface area contributed by atoms with Crippen molar-refractivity contribution in [3.8, 4) is 5.75 Å². The highest BCUT2D eigenvalue weighted by atomic mass is 79.9. The molecule has 1 saturated carbocycles. The van der Waals surface area contributed by atoms with E-state index in [9.17, 15) is 0 Å². The largest absolute Gasteiger partial charge is 0.490 e. The molecule has 0 heterocycles. The van der Waals surface area contributed by atoms with Crippen LogP contribution in [0.25, 0.3) is 0 Å². The number of rotatable bonds is 3. The maximum atomic E-state index is 6.04. The molecule has 0 aliphatic heterocycles. The fourth-order valence-electron chi connectivity index (χ4n) is 2.56. The van der Waals surface area contributed by atoms with Gasteiger partial charge in [0.1, 0.15) is 5.75 Å². The second-order valence-electron chi connectivity index (χ2n) is 4.90. The Labute approximate surface area is 112 Å². The second kappa shape index (κ2) is 5.76. The third kappa shape index (κ3) is 3.63. The number of hydrogen-bond donors (Lipinski definition) is 1. The number of anilines is 1. The van der Waals surface area contributed by atoms with E-state index in [1.165, 1.54) is 32.1 Å². The number of ether oxygens (including phenoxy) is 1. The molecule has 2 rings (SSSR count). The van der Waals surface area contributed by atoms with Crippen LogP contribution >= 0.6 is 15.9 Å². The summed E-state index contributed by atoms with van der Waals surface area (Å²) in [6.07, 6.45) is 6.62. The Bertz CT molecular complexity index is 360. The summed E-state index contributed by atoms with van der Waals surface area (Å²) < 4.78 is 7.02. The summed E-state index contributed by atoms with van der Waals surface area (Å²) in [4.78, 5) is 0. The number of nitrogens with two attached hydrogens (primary N) is 1. The van der Waals surface area contributed by atoms with Gasteiger partial charge in [0.2, 0.25) is 0 Å². The molecular formula is C14H20BrNO. The Hall–Kier alpha value is -0.700. The van der Waals surface area contributed by atoms with Crippen LogP contribution in [0.15, 0.2) is 22.7 Å². The maximum Gasteiger partial charge on any atom is 0.122 e. The highest BCUT2D eigenvalue weighted by Gasteiger charge is 2.22. The van der Waals surface area contributed by atoms with Crippen LogP contribution in [0.4, 0.5) is 5.69 Å². The van der Waals surface area contributed by atoms with Gasteiger partial charge in [0, 0.05) is 16.2 Å². The minimum atomic E-state index is 0.363. The van der Waals surface area contributed by atoms with E-state index in [0.29, 0.717) is 6.10 Å². The van der Waals surface area contributed by atoms with Crippen LogP contribution in [0, 0.1) is 5.92 Å². The van der Waals surface area contributed by atoms with Crippen molar-refractivity contribution in [1.29, 1.82) is 0 Å². The van der Waals surface area contributed by atoms with Gasteiger partial charge in [-0.3, -0.25) is 0 Å². The predicted octanol–water partition coefficient (Wildman–Crippen LogP) is 4.38. The number of hydrogen-bond acceptors (Lipinski definition) is 2. The predicted molar refractivity (Wildman–Crippen MR) is 75.2 cm³/mol. The first-order chi connectivity index (χ1) is 8.17. The number of nitrogen functional groups attached to an aromatic ring is 1. The van der Waals surface area contributed by atoms with Crippen LogP contribution in [0.1, 0.15) is 39.0 Å². The summed E-state index contributed by atoms with van der Waals surface area (Å²) in [6, 6.07) is 5.79. The van der Waals surface area contributed by atoms with E-state index >= 15 is 0 Å². The summed E-state index contributed by atoms with van der Waals surface area (Å²) >= 11 is 3.44. The molecular weight excluding hydrogens is 278 g/mol. The van der Waals surface area contributed by atoms with Gasteiger partial charge in [-0.1, -0.05) is 35.7 Å². The number of halogens is 1. The third-order valence-electron chi connectivity index (χ3n) is 3.51. The SMILES string of the molecule is CCC1CCCC(Oc2cc(N)cc(Br)c2)C1. The normalized spacial score (nSPS) is 24.6. The molecule has 0 aromatic heterocycles. The van der Waals surface area contributed by atoms with Crippen molar-refractivity contribution in [3.63, 3.8) is 0 Å². The van der Waals surface area contributed by atoms with Crippen molar-refractivity contribution in [3.05, 3.63) is 22.7 Å². The van der Waals surface area contributed by atoms with Crippen LogP contribution in [-0.4, -0.2) is 6.10 Å². The fraction of sp³-hybridized carbons (Fsp3) is 0.571. The van der Waals surface area contributed by atoms with E-state index in [1.807, 2.05) is 18.2 Å². The average molecular weight is 298 g/mol. The highest BCUT2D eigenvalue weighted by molar-refractivity contribution is 9.10. The molecule has 1 aromatic carbocycles. The van der Waals surface area contributed by atoms with Gasteiger partial charge >= 0.3 is 0 Å². The van der Waals surface area contributed by atoms with Gasteiger partial charge in [0.25, 0.3) is 0 Å². The van der Waals surface area contributed by atoms with E-state index in [0.717, 1.165) is 21.8 Å². The fourth-order valence-corrected chi connectivity index (χ4v) is 3.05. The Morgan fingerprint density at radius 2 is 2.18 bits per heavy atom. The zero-order valence-electron chi connectivity index (χ0n) is 10.3. The molecule has 0 amide bonds. The van der Waals surface area contributed by atoms with Gasteiger partial charge in [0.05, 0.1) is 6.10 Å². The van der Waals surface area contributed by atoms with Crippen LogP contribution in [0.5, 0.6) is 5.75 Å². The summed E-state index contributed by atoms with van der Waals surface area (Å²) in [5.41, 5.74) is 6.56. The average Bonchev–Trinajstić information content (AvgIpc) is 2.28. The summed E-state index contributed by atoms with van der Waals surface area (Å²) in [6.45, 7) is 2.27. The maximum absolute atomic E-state index is 6.04. The molecule has 94 valence electrons. The molecule has 1 aliphatic rings. The topological polar surface area (TPSA) is 35.2 Å². The lowest BCUT2D eigenvalue weighted by atomic mass is 9.85. The molecule has 2 unspecified atom stereocenters. The summed E-state index contributed by atoms with van der Waals surface area (Å²) in [5.74, 6) is 1.72. The lowest BCUT2D eigenvalue weighted by molar-refractivity contribution is 0.122. The molecule has 0 bridgehead atoms. The summed E-state index contributed by atoms with van der Waals surface area (Å²) in [5, 5.41) is 0. The minimum absolute atomic E-state index is 0.363. The first-order valence-electron chi connectivity index (χ1n) is 6.40. The Morgan fingerprint density at radius 1 is 1.35 bits per heavy atom. The van der Waals surface area contributed by atoms with Crippen molar-refractivity contribution < 1.29 is 4.74 Å². The first-order valence-corrected chi connectivity index (χ1v) is 7.19. The van der Waals surface area contributed by atoms with Gasteiger partial charge in [-0.05, 0) is 37.3 Å². The standard InChI is InChI=1S/C14H20BrNO/c1-2-10-4-3-5-13(6-10)17-14-8-11(15)7-12(16)9-14/h7-10,13H,2-6,16H2,1H3. The summed E-state index contributed by atoms with van der Waals surface area (Å²) in [7, 11) is 0. The highest BCUT2D eigenvalue weighted by Crippen LogP contribution is 2.31. The monoisotopic (exact) mass is 297 g/mol. The molecule has 17 heavy (non-hydrogen) atoms. The molecule has 2 nitrogen and oxygen atoms in total. The van der Waals surface area contributed by atoms with E-state index < -0.39 is 0 Å². The van der Waals surface area contributed by atoms with Gasteiger partial charge in [0.15, 0.2) is 0 Å². The van der Waals surface area contributed by atoms with E-state index in [2.05, 4.69) is 22.9 Å². The molecule has 0 spiro atoms. The van der Waals surface area contributed by atoms with E-state index in [1.54, 1.807) is 0 Å². The lowest BCUT2D eigenvalue weighted by Crippen LogP contribution is -2.25. The quantitative estimate of drug-likeness (QED) is 0.840. The van der Waals surface area contributed by atoms with Crippen LogP contribution in [0.3, 0.4) is 0 Å². The van der Waals surface area contributed by atoms with Gasteiger partial charge in [-0.25, -0.2) is 0 Å². The van der Waals surface area contributed by atoms with E-state index in [-0.39, 0.29) is 0 Å². The smallest absolute Gasteiger partial charge is 0.122 e. The van der Waals surface area contributed by atoms with Crippen molar-refractivity contribution in [2.45, 2.75) is 45.1 Å². The number of benzene rings is 1. The molecule has 1 aromatic rings. The van der Waals surface area contributed by atoms with Crippen LogP contribution in [0.2, 0.25) is 0 Å².